The first kappa shape index (κ1) is 14.0. The van der Waals surface area contributed by atoms with Crippen molar-refractivity contribution < 1.29 is 4.79 Å². The van der Waals surface area contributed by atoms with Crippen LogP contribution >= 0.6 is 0 Å². The van der Waals surface area contributed by atoms with E-state index in [4.69, 9.17) is 0 Å². The molecule has 22 heavy (non-hydrogen) atoms. The molecule has 3 heteroatoms. The molecule has 3 nitrogen and oxygen atoms in total. The van der Waals surface area contributed by atoms with Gasteiger partial charge in [-0.15, -0.1) is 0 Å². The highest BCUT2D eigenvalue weighted by Crippen LogP contribution is 2.16. The van der Waals surface area contributed by atoms with Crippen LogP contribution < -0.4 is 5.32 Å². The number of fused-ring (bicyclic) bond motifs is 1. The van der Waals surface area contributed by atoms with Crippen LogP contribution in [-0.4, -0.2) is 10.9 Å². The summed E-state index contributed by atoms with van der Waals surface area (Å²) in [6, 6.07) is 17.7. The summed E-state index contributed by atoms with van der Waals surface area (Å²) in [7, 11) is 0. The monoisotopic (exact) mass is 288 g/mol. The van der Waals surface area contributed by atoms with Crippen LogP contribution in [-0.2, 0) is 4.79 Å². The summed E-state index contributed by atoms with van der Waals surface area (Å²) in [5.41, 5.74) is 3.80. The highest BCUT2D eigenvalue weighted by Gasteiger charge is 2.00. The zero-order chi connectivity index (χ0) is 15.4. The molecule has 0 spiro atoms. The van der Waals surface area contributed by atoms with E-state index in [1.807, 2.05) is 61.5 Å². The molecule has 0 aliphatic rings. The molecule has 1 N–H and O–H groups in total. The van der Waals surface area contributed by atoms with Gasteiger partial charge < -0.3 is 5.32 Å². The molecule has 3 rings (SSSR count). The third kappa shape index (κ3) is 3.38. The van der Waals surface area contributed by atoms with Crippen LogP contribution in [0.3, 0.4) is 0 Å². The van der Waals surface area contributed by atoms with Gasteiger partial charge in [0.05, 0.1) is 17.4 Å². The molecule has 1 aromatic heterocycles. The van der Waals surface area contributed by atoms with Gasteiger partial charge in [-0.2, -0.15) is 0 Å². The summed E-state index contributed by atoms with van der Waals surface area (Å²) >= 11 is 0. The Labute approximate surface area is 129 Å². The van der Waals surface area contributed by atoms with Crippen LogP contribution in [0.1, 0.15) is 11.1 Å². The highest BCUT2D eigenvalue weighted by molar-refractivity contribution is 6.02. The first-order valence-corrected chi connectivity index (χ1v) is 7.11. The normalized spacial score (nSPS) is 11.0. The second kappa shape index (κ2) is 6.22. The number of anilines is 1. The Hall–Kier alpha value is -2.94. The standard InChI is InChI=1S/C19H16N2O/c1-14-6-8-15(9-7-14)10-11-19(22)21-17-12-16-4-2-3-5-18(16)20-13-17/h2-13H,1H3,(H,21,22)/b11-10+. The number of para-hydroxylation sites is 1. The number of pyridine rings is 1. The van der Waals surface area contributed by atoms with Crippen molar-refractivity contribution in [2.24, 2.45) is 0 Å². The molecule has 0 saturated heterocycles. The van der Waals surface area contributed by atoms with Gasteiger partial charge >= 0.3 is 0 Å². The lowest BCUT2D eigenvalue weighted by Crippen LogP contribution is -2.07. The largest absolute Gasteiger partial charge is 0.321 e. The van der Waals surface area contributed by atoms with Crippen molar-refractivity contribution in [3.05, 3.63) is 78.0 Å². The predicted molar refractivity (Wildman–Crippen MR) is 90.6 cm³/mol. The molecule has 0 unspecified atom stereocenters. The fourth-order valence-electron chi connectivity index (χ4n) is 2.17. The number of carbonyl (C=O) groups is 1. The SMILES string of the molecule is Cc1ccc(/C=C/C(=O)Nc2cnc3ccccc3c2)cc1. The minimum Gasteiger partial charge on any atom is -0.321 e. The number of nitrogens with zero attached hydrogens (tertiary/aromatic N) is 1. The topological polar surface area (TPSA) is 42.0 Å². The average molecular weight is 288 g/mol. The number of hydrogen-bond acceptors (Lipinski definition) is 2. The first-order chi connectivity index (χ1) is 10.7. The fourth-order valence-corrected chi connectivity index (χ4v) is 2.17. The molecule has 108 valence electrons. The molecule has 3 aromatic rings. The van der Waals surface area contributed by atoms with Gasteiger partial charge in [0.15, 0.2) is 0 Å². The number of benzene rings is 2. The summed E-state index contributed by atoms with van der Waals surface area (Å²) < 4.78 is 0. The summed E-state index contributed by atoms with van der Waals surface area (Å²) in [6.45, 7) is 2.03. The summed E-state index contributed by atoms with van der Waals surface area (Å²) in [5, 5.41) is 3.83. The second-order valence-electron chi connectivity index (χ2n) is 5.15. The van der Waals surface area contributed by atoms with E-state index in [1.165, 1.54) is 11.6 Å². The molecule has 0 fully saturated rings. The van der Waals surface area contributed by atoms with E-state index < -0.39 is 0 Å². The molecule has 2 aromatic carbocycles. The molecule has 0 saturated carbocycles. The van der Waals surface area contributed by atoms with Gasteiger partial charge in [-0.05, 0) is 30.7 Å². The summed E-state index contributed by atoms with van der Waals surface area (Å²) in [4.78, 5) is 16.3. The van der Waals surface area contributed by atoms with Gasteiger partial charge in [0.1, 0.15) is 0 Å². The van der Waals surface area contributed by atoms with Gasteiger partial charge in [0, 0.05) is 11.5 Å². The summed E-state index contributed by atoms with van der Waals surface area (Å²) in [5.74, 6) is -0.169. The molecule has 1 heterocycles. The van der Waals surface area contributed by atoms with Crippen LogP contribution in [0.4, 0.5) is 5.69 Å². The molecule has 0 aliphatic carbocycles. The van der Waals surface area contributed by atoms with E-state index in [-0.39, 0.29) is 5.91 Å². The maximum absolute atomic E-state index is 12.0. The lowest BCUT2D eigenvalue weighted by atomic mass is 10.1. The minimum atomic E-state index is -0.169. The van der Waals surface area contributed by atoms with Gasteiger partial charge in [-0.3, -0.25) is 9.78 Å². The Kier molecular flexibility index (Phi) is 3.97. The van der Waals surface area contributed by atoms with E-state index in [0.717, 1.165) is 16.5 Å². The number of carbonyl (C=O) groups excluding carboxylic acids is 1. The van der Waals surface area contributed by atoms with Crippen molar-refractivity contribution in [2.75, 3.05) is 5.32 Å². The fraction of sp³-hybridized carbons (Fsp3) is 0.0526. The van der Waals surface area contributed by atoms with E-state index in [1.54, 1.807) is 12.3 Å². The van der Waals surface area contributed by atoms with Crippen molar-refractivity contribution in [2.45, 2.75) is 6.92 Å². The van der Waals surface area contributed by atoms with E-state index in [9.17, 15) is 4.79 Å². The van der Waals surface area contributed by atoms with Crippen molar-refractivity contribution in [3.8, 4) is 0 Å². The maximum Gasteiger partial charge on any atom is 0.248 e. The minimum absolute atomic E-state index is 0.169. The van der Waals surface area contributed by atoms with Crippen molar-refractivity contribution in [1.82, 2.24) is 4.98 Å². The molecule has 0 aliphatic heterocycles. The number of hydrogen-bond donors (Lipinski definition) is 1. The third-order valence-corrected chi connectivity index (χ3v) is 3.36. The number of aromatic nitrogens is 1. The lowest BCUT2D eigenvalue weighted by Gasteiger charge is -2.03. The van der Waals surface area contributed by atoms with Crippen LogP contribution in [0.15, 0.2) is 66.9 Å². The number of aryl methyl sites for hydroxylation is 1. The molecule has 0 bridgehead atoms. The van der Waals surface area contributed by atoms with Crippen LogP contribution in [0.25, 0.3) is 17.0 Å². The Bertz CT molecular complexity index is 835. The van der Waals surface area contributed by atoms with Crippen LogP contribution in [0.2, 0.25) is 0 Å². The zero-order valence-corrected chi connectivity index (χ0v) is 12.3. The maximum atomic E-state index is 12.0. The Morgan fingerprint density at radius 3 is 2.68 bits per heavy atom. The van der Waals surface area contributed by atoms with E-state index >= 15 is 0 Å². The Morgan fingerprint density at radius 2 is 1.86 bits per heavy atom. The Morgan fingerprint density at radius 1 is 1.09 bits per heavy atom. The van der Waals surface area contributed by atoms with Crippen molar-refractivity contribution in [1.29, 1.82) is 0 Å². The third-order valence-electron chi connectivity index (χ3n) is 3.36. The summed E-state index contributed by atoms with van der Waals surface area (Å²) in [6.07, 6.45) is 4.99. The van der Waals surface area contributed by atoms with E-state index in [2.05, 4.69) is 10.3 Å². The average Bonchev–Trinajstić information content (AvgIpc) is 2.54. The second-order valence-corrected chi connectivity index (χ2v) is 5.15. The Balaban J connectivity index is 1.71. The molecule has 1 amide bonds. The quantitative estimate of drug-likeness (QED) is 0.734. The lowest BCUT2D eigenvalue weighted by molar-refractivity contribution is -0.111. The van der Waals surface area contributed by atoms with Gasteiger partial charge in [-0.25, -0.2) is 0 Å². The number of amides is 1. The van der Waals surface area contributed by atoms with Gasteiger partial charge in [0.2, 0.25) is 5.91 Å². The first-order valence-electron chi connectivity index (χ1n) is 7.11. The number of nitrogens with one attached hydrogen (secondary N) is 1. The molecule has 0 atom stereocenters. The predicted octanol–water partition coefficient (Wildman–Crippen LogP) is 4.20. The van der Waals surface area contributed by atoms with Crippen LogP contribution in [0.5, 0.6) is 0 Å². The molecular formula is C19H16N2O. The van der Waals surface area contributed by atoms with Gasteiger partial charge in [0.25, 0.3) is 0 Å². The molecule has 0 radical (unpaired) electrons. The highest BCUT2D eigenvalue weighted by atomic mass is 16.1. The smallest absolute Gasteiger partial charge is 0.248 e. The molecular weight excluding hydrogens is 272 g/mol. The van der Waals surface area contributed by atoms with Crippen LogP contribution in [0, 0.1) is 6.92 Å². The van der Waals surface area contributed by atoms with Crippen molar-refractivity contribution in [3.63, 3.8) is 0 Å². The van der Waals surface area contributed by atoms with E-state index in [0.29, 0.717) is 5.69 Å². The zero-order valence-electron chi connectivity index (χ0n) is 12.3. The van der Waals surface area contributed by atoms with Crippen molar-refractivity contribution >= 4 is 28.6 Å². The number of rotatable bonds is 3. The van der Waals surface area contributed by atoms with Gasteiger partial charge in [-0.1, -0.05) is 48.0 Å².